The summed E-state index contributed by atoms with van der Waals surface area (Å²) in [5, 5.41) is 12.4. The van der Waals surface area contributed by atoms with Gasteiger partial charge in [0.25, 0.3) is 0 Å². The SMILES string of the molecule is CCOc1ccc(CNc2oc(-c3ccc(C)cc3)nc2C#N)cc1. The van der Waals surface area contributed by atoms with Crippen molar-refractivity contribution in [1.29, 1.82) is 5.26 Å². The second kappa shape index (κ2) is 7.54. The van der Waals surface area contributed by atoms with Gasteiger partial charge in [-0.3, -0.25) is 0 Å². The number of oxazole rings is 1. The van der Waals surface area contributed by atoms with Crippen LogP contribution in [0.5, 0.6) is 5.75 Å². The maximum Gasteiger partial charge on any atom is 0.232 e. The largest absolute Gasteiger partial charge is 0.494 e. The molecule has 0 saturated carbocycles. The molecule has 1 N–H and O–H groups in total. The molecule has 0 saturated heterocycles. The number of benzene rings is 2. The van der Waals surface area contributed by atoms with Gasteiger partial charge in [-0.2, -0.15) is 10.2 Å². The van der Waals surface area contributed by atoms with Gasteiger partial charge >= 0.3 is 0 Å². The summed E-state index contributed by atoms with van der Waals surface area (Å²) >= 11 is 0. The molecular weight excluding hydrogens is 314 g/mol. The normalized spacial score (nSPS) is 10.3. The Hall–Kier alpha value is -3.26. The Bertz CT molecular complexity index is 875. The van der Waals surface area contributed by atoms with Crippen LogP contribution in [0.25, 0.3) is 11.5 Å². The molecule has 0 atom stereocenters. The minimum atomic E-state index is 0.251. The van der Waals surface area contributed by atoms with Crippen molar-refractivity contribution in [2.45, 2.75) is 20.4 Å². The lowest BCUT2D eigenvalue weighted by atomic mass is 10.1. The van der Waals surface area contributed by atoms with Gasteiger partial charge in [-0.05, 0) is 43.7 Å². The fraction of sp³-hybridized carbons (Fsp3) is 0.200. The Morgan fingerprint density at radius 1 is 1.12 bits per heavy atom. The average Bonchev–Trinajstić information content (AvgIpc) is 3.05. The number of ether oxygens (including phenoxy) is 1. The summed E-state index contributed by atoms with van der Waals surface area (Å²) in [7, 11) is 0. The van der Waals surface area contributed by atoms with Crippen molar-refractivity contribution >= 4 is 5.88 Å². The highest BCUT2D eigenvalue weighted by Gasteiger charge is 2.14. The zero-order valence-corrected chi connectivity index (χ0v) is 14.2. The number of anilines is 1. The number of nitrogens with one attached hydrogen (secondary N) is 1. The molecule has 0 aliphatic rings. The smallest absolute Gasteiger partial charge is 0.232 e. The summed E-state index contributed by atoms with van der Waals surface area (Å²) in [6, 6.07) is 17.7. The van der Waals surface area contributed by atoms with Crippen LogP contribution < -0.4 is 10.1 Å². The van der Waals surface area contributed by atoms with Gasteiger partial charge < -0.3 is 14.5 Å². The lowest BCUT2D eigenvalue weighted by Gasteiger charge is -2.06. The van der Waals surface area contributed by atoms with Gasteiger partial charge in [-0.15, -0.1) is 0 Å². The summed E-state index contributed by atoms with van der Waals surface area (Å²) in [5.41, 5.74) is 3.31. The van der Waals surface area contributed by atoms with Crippen LogP contribution in [0, 0.1) is 18.3 Å². The van der Waals surface area contributed by atoms with Crippen LogP contribution in [-0.4, -0.2) is 11.6 Å². The monoisotopic (exact) mass is 333 g/mol. The van der Waals surface area contributed by atoms with E-state index in [-0.39, 0.29) is 5.69 Å². The van der Waals surface area contributed by atoms with Crippen molar-refractivity contribution in [3.8, 4) is 23.3 Å². The number of aryl methyl sites for hydroxylation is 1. The Morgan fingerprint density at radius 3 is 2.48 bits per heavy atom. The number of aromatic nitrogens is 1. The Morgan fingerprint density at radius 2 is 1.84 bits per heavy atom. The molecule has 5 nitrogen and oxygen atoms in total. The van der Waals surface area contributed by atoms with E-state index >= 15 is 0 Å². The topological polar surface area (TPSA) is 71.1 Å². The summed E-state index contributed by atoms with van der Waals surface area (Å²) in [4.78, 5) is 4.27. The van der Waals surface area contributed by atoms with Gasteiger partial charge in [0.2, 0.25) is 17.5 Å². The number of nitrogens with zero attached hydrogens (tertiary/aromatic N) is 2. The van der Waals surface area contributed by atoms with Crippen LogP contribution in [0.4, 0.5) is 5.88 Å². The third-order valence-electron chi connectivity index (χ3n) is 3.72. The Kier molecular flexibility index (Phi) is 5.00. The highest BCUT2D eigenvalue weighted by atomic mass is 16.5. The number of nitriles is 1. The highest BCUT2D eigenvalue weighted by Crippen LogP contribution is 2.26. The van der Waals surface area contributed by atoms with E-state index in [4.69, 9.17) is 9.15 Å². The van der Waals surface area contributed by atoms with Crippen LogP contribution in [0.2, 0.25) is 0 Å². The standard InChI is InChI=1S/C20H19N3O2/c1-3-24-17-10-6-15(7-11-17)13-22-20-18(12-21)23-19(25-20)16-8-4-14(2)5-9-16/h4-11,22H,3,13H2,1-2H3. The molecule has 0 spiro atoms. The molecule has 0 fully saturated rings. The first kappa shape index (κ1) is 16.6. The second-order valence-electron chi connectivity index (χ2n) is 5.61. The van der Waals surface area contributed by atoms with Gasteiger partial charge in [-0.1, -0.05) is 29.8 Å². The van der Waals surface area contributed by atoms with Gasteiger partial charge in [0, 0.05) is 12.1 Å². The Balaban J connectivity index is 1.74. The van der Waals surface area contributed by atoms with Crippen molar-refractivity contribution in [3.63, 3.8) is 0 Å². The molecule has 3 aromatic rings. The summed E-state index contributed by atoms with van der Waals surface area (Å²) in [6.07, 6.45) is 0. The lowest BCUT2D eigenvalue weighted by molar-refractivity contribution is 0.340. The summed E-state index contributed by atoms with van der Waals surface area (Å²) in [5.74, 6) is 1.66. The molecule has 25 heavy (non-hydrogen) atoms. The molecule has 1 aromatic heterocycles. The van der Waals surface area contributed by atoms with Crippen molar-refractivity contribution in [2.75, 3.05) is 11.9 Å². The number of hydrogen-bond donors (Lipinski definition) is 1. The average molecular weight is 333 g/mol. The van der Waals surface area contributed by atoms with E-state index in [9.17, 15) is 5.26 Å². The minimum Gasteiger partial charge on any atom is -0.494 e. The van der Waals surface area contributed by atoms with E-state index in [0.29, 0.717) is 24.9 Å². The van der Waals surface area contributed by atoms with Crippen molar-refractivity contribution in [2.24, 2.45) is 0 Å². The van der Waals surface area contributed by atoms with Crippen molar-refractivity contribution in [1.82, 2.24) is 4.98 Å². The second-order valence-corrected chi connectivity index (χ2v) is 5.61. The lowest BCUT2D eigenvalue weighted by Crippen LogP contribution is -2.00. The van der Waals surface area contributed by atoms with Crippen molar-refractivity contribution < 1.29 is 9.15 Å². The molecule has 3 rings (SSSR count). The quantitative estimate of drug-likeness (QED) is 0.717. The maximum absolute atomic E-state index is 9.29. The minimum absolute atomic E-state index is 0.251. The van der Waals surface area contributed by atoms with Crippen LogP contribution in [0.15, 0.2) is 52.9 Å². The highest BCUT2D eigenvalue weighted by molar-refractivity contribution is 5.59. The maximum atomic E-state index is 9.29. The third-order valence-corrected chi connectivity index (χ3v) is 3.72. The van der Waals surface area contributed by atoms with Gasteiger partial charge in [0.05, 0.1) is 6.61 Å². The first-order valence-corrected chi connectivity index (χ1v) is 8.13. The first-order chi connectivity index (χ1) is 12.2. The molecule has 0 aliphatic carbocycles. The number of rotatable bonds is 6. The van der Waals surface area contributed by atoms with Gasteiger partial charge in [0.1, 0.15) is 11.8 Å². The van der Waals surface area contributed by atoms with Gasteiger partial charge in [-0.25, -0.2) is 0 Å². The molecule has 126 valence electrons. The molecule has 0 bridgehead atoms. The molecule has 0 unspecified atom stereocenters. The van der Waals surface area contributed by atoms with E-state index in [1.807, 2.05) is 62.4 Å². The van der Waals surface area contributed by atoms with E-state index < -0.39 is 0 Å². The van der Waals surface area contributed by atoms with E-state index in [2.05, 4.69) is 16.4 Å². The molecular formula is C20H19N3O2. The van der Waals surface area contributed by atoms with Crippen LogP contribution in [0.3, 0.4) is 0 Å². The first-order valence-electron chi connectivity index (χ1n) is 8.13. The Labute approximate surface area is 146 Å². The molecule has 5 heteroatoms. The van der Waals surface area contributed by atoms with E-state index in [1.54, 1.807) is 0 Å². The fourth-order valence-electron chi connectivity index (χ4n) is 2.39. The molecule has 0 aliphatic heterocycles. The van der Waals surface area contributed by atoms with Gasteiger partial charge in [0.15, 0.2) is 0 Å². The van der Waals surface area contributed by atoms with Crippen molar-refractivity contribution in [3.05, 3.63) is 65.4 Å². The summed E-state index contributed by atoms with van der Waals surface area (Å²) in [6.45, 7) is 5.14. The van der Waals surface area contributed by atoms with E-state index in [0.717, 1.165) is 22.4 Å². The molecule has 1 heterocycles. The fourth-order valence-corrected chi connectivity index (χ4v) is 2.39. The van der Waals surface area contributed by atoms with E-state index in [1.165, 1.54) is 0 Å². The molecule has 0 amide bonds. The molecule has 2 aromatic carbocycles. The zero-order chi connectivity index (χ0) is 17.6. The molecule has 0 radical (unpaired) electrons. The summed E-state index contributed by atoms with van der Waals surface area (Å²) < 4.78 is 11.2. The third kappa shape index (κ3) is 3.99. The van der Waals surface area contributed by atoms with Crippen LogP contribution in [-0.2, 0) is 6.54 Å². The predicted molar refractivity (Wildman–Crippen MR) is 96.3 cm³/mol. The predicted octanol–water partition coefficient (Wildman–Crippen LogP) is 4.53. The van der Waals surface area contributed by atoms with Crippen LogP contribution in [0.1, 0.15) is 23.7 Å². The van der Waals surface area contributed by atoms with Crippen LogP contribution >= 0.6 is 0 Å². The number of hydrogen-bond acceptors (Lipinski definition) is 5. The zero-order valence-electron chi connectivity index (χ0n) is 14.2.